The first-order valence-electron chi connectivity index (χ1n) is 5.65. The number of benzene rings is 1. The predicted molar refractivity (Wildman–Crippen MR) is 70.6 cm³/mol. The number of nitrogens with two attached hydrogens (primary N) is 1. The lowest BCUT2D eigenvalue weighted by molar-refractivity contribution is 0.0821. The molecule has 0 saturated carbocycles. The number of amides is 2. The zero-order chi connectivity index (χ0) is 14.0. The van der Waals surface area contributed by atoms with Gasteiger partial charge in [-0.15, -0.1) is 0 Å². The van der Waals surface area contributed by atoms with E-state index in [2.05, 4.69) is 10.2 Å². The van der Waals surface area contributed by atoms with Gasteiger partial charge < -0.3 is 10.6 Å². The molecule has 98 valence electrons. The fourth-order valence-electron chi connectivity index (χ4n) is 1.77. The number of aromatic nitrogens is 2. The molecule has 3 N–H and O–H groups in total. The Morgan fingerprint density at radius 2 is 1.95 bits per heavy atom. The van der Waals surface area contributed by atoms with Crippen LogP contribution in [-0.2, 0) is 0 Å². The quantitative estimate of drug-likeness (QED) is 0.855. The van der Waals surface area contributed by atoms with Gasteiger partial charge in [-0.05, 0) is 17.7 Å². The molecule has 0 atom stereocenters. The molecule has 0 bridgehead atoms. The zero-order valence-electron chi connectivity index (χ0n) is 10.7. The van der Waals surface area contributed by atoms with Crippen molar-refractivity contribution in [2.75, 3.05) is 14.1 Å². The molecule has 2 aromatic rings. The maximum absolute atomic E-state index is 12.1. The molecule has 0 radical (unpaired) electrons. The largest absolute Gasteiger partial charge is 0.366 e. The summed E-state index contributed by atoms with van der Waals surface area (Å²) in [6, 6.07) is 4.94. The summed E-state index contributed by atoms with van der Waals surface area (Å²) in [5.41, 5.74) is 7.43. The standard InChI is InChI=1S/C13H14N4O2/c1-17(2)13(19)11-5-8(9-6-15-16-7-9)3-4-10(11)12(14)18/h3-7H,1-2H3,(H2,14,18)(H,15,16). The van der Waals surface area contributed by atoms with E-state index < -0.39 is 5.91 Å². The highest BCUT2D eigenvalue weighted by Crippen LogP contribution is 2.22. The Balaban J connectivity index is 2.56. The Morgan fingerprint density at radius 3 is 2.47 bits per heavy atom. The van der Waals surface area contributed by atoms with Gasteiger partial charge >= 0.3 is 0 Å². The van der Waals surface area contributed by atoms with Crippen LogP contribution in [0.25, 0.3) is 11.1 Å². The van der Waals surface area contributed by atoms with Crippen molar-refractivity contribution in [2.45, 2.75) is 0 Å². The molecule has 0 unspecified atom stereocenters. The number of rotatable bonds is 3. The lowest BCUT2D eigenvalue weighted by Crippen LogP contribution is -2.25. The number of nitrogens with one attached hydrogen (secondary N) is 1. The molecule has 0 saturated heterocycles. The molecule has 0 spiro atoms. The second-order valence-electron chi connectivity index (χ2n) is 4.31. The molecular formula is C13H14N4O2. The Morgan fingerprint density at radius 1 is 1.21 bits per heavy atom. The van der Waals surface area contributed by atoms with Crippen LogP contribution in [-0.4, -0.2) is 41.0 Å². The van der Waals surface area contributed by atoms with Crippen LogP contribution in [0, 0.1) is 0 Å². The van der Waals surface area contributed by atoms with E-state index in [1.165, 1.54) is 4.90 Å². The number of nitrogens with zero attached hydrogens (tertiary/aromatic N) is 2. The van der Waals surface area contributed by atoms with E-state index in [1.807, 2.05) is 0 Å². The minimum atomic E-state index is -0.621. The molecule has 0 aliphatic rings. The number of primary amides is 1. The fraction of sp³-hybridized carbons (Fsp3) is 0.154. The number of carbonyl (C=O) groups is 2. The number of carbonyl (C=O) groups excluding carboxylic acids is 2. The number of hydrogen-bond donors (Lipinski definition) is 2. The van der Waals surface area contributed by atoms with Crippen molar-refractivity contribution in [3.63, 3.8) is 0 Å². The predicted octanol–water partition coefficient (Wildman–Crippen LogP) is 0.877. The van der Waals surface area contributed by atoms with Crippen LogP contribution in [0.4, 0.5) is 0 Å². The summed E-state index contributed by atoms with van der Waals surface area (Å²) in [6.45, 7) is 0. The molecule has 1 heterocycles. The third-order valence-electron chi connectivity index (χ3n) is 2.75. The lowest BCUT2D eigenvalue weighted by atomic mass is 9.99. The maximum atomic E-state index is 12.1. The van der Waals surface area contributed by atoms with Crippen LogP contribution in [0.1, 0.15) is 20.7 Å². The first-order chi connectivity index (χ1) is 9.00. The van der Waals surface area contributed by atoms with Gasteiger partial charge in [-0.25, -0.2) is 0 Å². The average molecular weight is 258 g/mol. The lowest BCUT2D eigenvalue weighted by Gasteiger charge is -2.13. The summed E-state index contributed by atoms with van der Waals surface area (Å²) in [5.74, 6) is -0.886. The SMILES string of the molecule is CN(C)C(=O)c1cc(-c2cn[nH]c2)ccc1C(N)=O. The fourth-order valence-corrected chi connectivity index (χ4v) is 1.77. The second kappa shape index (κ2) is 4.93. The summed E-state index contributed by atoms with van der Waals surface area (Å²) >= 11 is 0. The Labute approximate surface area is 110 Å². The topological polar surface area (TPSA) is 92.1 Å². The van der Waals surface area contributed by atoms with E-state index in [0.29, 0.717) is 0 Å². The van der Waals surface area contributed by atoms with E-state index in [4.69, 9.17) is 5.73 Å². The van der Waals surface area contributed by atoms with Crippen molar-refractivity contribution in [3.05, 3.63) is 41.7 Å². The summed E-state index contributed by atoms with van der Waals surface area (Å²) in [7, 11) is 3.25. The first-order valence-corrected chi connectivity index (χ1v) is 5.65. The Kier molecular flexibility index (Phi) is 3.33. The van der Waals surface area contributed by atoms with Gasteiger partial charge in [0, 0.05) is 25.9 Å². The monoisotopic (exact) mass is 258 g/mol. The van der Waals surface area contributed by atoms with Crippen molar-refractivity contribution in [3.8, 4) is 11.1 Å². The molecule has 6 heteroatoms. The maximum Gasteiger partial charge on any atom is 0.254 e. The van der Waals surface area contributed by atoms with Gasteiger partial charge in [-0.3, -0.25) is 14.7 Å². The molecule has 2 rings (SSSR count). The number of hydrogen-bond acceptors (Lipinski definition) is 3. The van der Waals surface area contributed by atoms with Gasteiger partial charge in [0.2, 0.25) is 5.91 Å². The van der Waals surface area contributed by atoms with Crippen molar-refractivity contribution in [1.29, 1.82) is 0 Å². The summed E-state index contributed by atoms with van der Waals surface area (Å²) in [4.78, 5) is 24.9. The molecule has 0 fully saturated rings. The van der Waals surface area contributed by atoms with Gasteiger partial charge in [0.05, 0.1) is 17.3 Å². The van der Waals surface area contributed by atoms with Crippen LogP contribution in [0.2, 0.25) is 0 Å². The Bertz CT molecular complexity index is 618. The van der Waals surface area contributed by atoms with Crippen LogP contribution in [0.5, 0.6) is 0 Å². The van der Waals surface area contributed by atoms with Crippen LogP contribution in [0.15, 0.2) is 30.6 Å². The first kappa shape index (κ1) is 12.8. The minimum Gasteiger partial charge on any atom is -0.366 e. The average Bonchev–Trinajstić information content (AvgIpc) is 2.90. The van der Waals surface area contributed by atoms with Crippen molar-refractivity contribution in [1.82, 2.24) is 15.1 Å². The van der Waals surface area contributed by atoms with Gasteiger partial charge in [-0.2, -0.15) is 5.10 Å². The smallest absolute Gasteiger partial charge is 0.254 e. The highest BCUT2D eigenvalue weighted by molar-refractivity contribution is 6.07. The van der Waals surface area contributed by atoms with Crippen LogP contribution >= 0.6 is 0 Å². The van der Waals surface area contributed by atoms with E-state index >= 15 is 0 Å². The molecule has 1 aromatic carbocycles. The van der Waals surface area contributed by atoms with E-state index in [0.717, 1.165) is 11.1 Å². The molecule has 19 heavy (non-hydrogen) atoms. The third-order valence-corrected chi connectivity index (χ3v) is 2.75. The van der Waals surface area contributed by atoms with E-state index in [-0.39, 0.29) is 17.0 Å². The van der Waals surface area contributed by atoms with Gasteiger partial charge in [0.1, 0.15) is 0 Å². The summed E-state index contributed by atoms with van der Waals surface area (Å²) < 4.78 is 0. The van der Waals surface area contributed by atoms with Crippen LogP contribution < -0.4 is 5.73 Å². The van der Waals surface area contributed by atoms with Gasteiger partial charge in [0.25, 0.3) is 5.91 Å². The van der Waals surface area contributed by atoms with Gasteiger partial charge in [0.15, 0.2) is 0 Å². The van der Waals surface area contributed by atoms with Gasteiger partial charge in [-0.1, -0.05) is 6.07 Å². The molecule has 0 aliphatic heterocycles. The highest BCUT2D eigenvalue weighted by Gasteiger charge is 2.17. The minimum absolute atomic E-state index is 0.214. The molecule has 1 aromatic heterocycles. The third kappa shape index (κ3) is 2.47. The van der Waals surface area contributed by atoms with E-state index in [9.17, 15) is 9.59 Å². The second-order valence-corrected chi connectivity index (χ2v) is 4.31. The number of aromatic amines is 1. The summed E-state index contributed by atoms with van der Waals surface area (Å²) in [5, 5.41) is 6.55. The molecule has 6 nitrogen and oxygen atoms in total. The number of H-pyrrole nitrogens is 1. The highest BCUT2D eigenvalue weighted by atomic mass is 16.2. The normalized spacial score (nSPS) is 10.2. The molecule has 2 amide bonds. The molecule has 0 aliphatic carbocycles. The van der Waals surface area contributed by atoms with Crippen molar-refractivity contribution < 1.29 is 9.59 Å². The Hall–Kier alpha value is -2.63. The van der Waals surface area contributed by atoms with Crippen molar-refractivity contribution >= 4 is 11.8 Å². The summed E-state index contributed by atoms with van der Waals surface area (Å²) in [6.07, 6.45) is 3.35. The van der Waals surface area contributed by atoms with Crippen LogP contribution in [0.3, 0.4) is 0 Å². The van der Waals surface area contributed by atoms with E-state index in [1.54, 1.807) is 44.7 Å². The molecular weight excluding hydrogens is 244 g/mol. The van der Waals surface area contributed by atoms with Crippen molar-refractivity contribution in [2.24, 2.45) is 5.73 Å². The zero-order valence-corrected chi connectivity index (χ0v) is 10.7.